The summed E-state index contributed by atoms with van der Waals surface area (Å²) in [6, 6.07) is 27.3. The van der Waals surface area contributed by atoms with E-state index in [2.05, 4.69) is 99.1 Å². The van der Waals surface area contributed by atoms with Crippen LogP contribution in [0.25, 0.3) is 54.7 Å². The van der Waals surface area contributed by atoms with Gasteiger partial charge in [-0.2, -0.15) is 0 Å². The number of ketones is 1. The third-order valence-electron chi connectivity index (χ3n) is 10.0. The molecule has 6 aromatic rings. The van der Waals surface area contributed by atoms with E-state index in [0.29, 0.717) is 11.3 Å². The number of aromatic nitrogens is 3. The summed E-state index contributed by atoms with van der Waals surface area (Å²) >= 11 is 0. The number of aliphatic hydroxyl groups is 1. The van der Waals surface area contributed by atoms with Gasteiger partial charge in [0.25, 0.3) is 0 Å². The third-order valence-corrected chi connectivity index (χ3v) is 10.0. The van der Waals surface area contributed by atoms with Crippen molar-refractivity contribution in [2.24, 2.45) is 24.3 Å². The van der Waals surface area contributed by atoms with Crippen molar-refractivity contribution in [2.75, 3.05) is 0 Å². The monoisotopic (exact) mass is 847 g/mol. The quantitative estimate of drug-likeness (QED) is 0.0894. The van der Waals surface area contributed by atoms with Gasteiger partial charge in [0, 0.05) is 66.4 Å². The number of hydrogen-bond donors (Lipinski definition) is 1. The first kappa shape index (κ1) is 38.9. The van der Waals surface area contributed by atoms with E-state index >= 15 is 0 Å². The van der Waals surface area contributed by atoms with Crippen LogP contribution in [0.2, 0.25) is 0 Å². The number of carbonyl (C=O) groups is 1. The normalized spacial score (nSPS) is 12.4. The number of rotatable bonds is 9. The first-order valence-electron chi connectivity index (χ1n) is 17.9. The Hall–Kier alpha value is -3.86. The Kier molecular flexibility index (Phi) is 12.8. The molecular formula is C44H52IrN3O2-. The van der Waals surface area contributed by atoms with Crippen LogP contribution in [0, 0.1) is 23.3 Å². The van der Waals surface area contributed by atoms with E-state index in [-0.39, 0.29) is 43.1 Å². The van der Waals surface area contributed by atoms with Crippen molar-refractivity contribution < 1.29 is 30.0 Å². The smallest absolute Gasteiger partial charge is 0.164 e. The van der Waals surface area contributed by atoms with Gasteiger partial charge < -0.3 is 9.67 Å². The predicted molar refractivity (Wildman–Crippen MR) is 207 cm³/mol. The minimum absolute atomic E-state index is 0. The van der Waals surface area contributed by atoms with Crippen LogP contribution in [-0.4, -0.2) is 25.4 Å². The fourth-order valence-corrected chi connectivity index (χ4v) is 7.30. The van der Waals surface area contributed by atoms with Crippen molar-refractivity contribution in [3.8, 4) is 11.3 Å². The number of fused-ring (bicyclic) bond motifs is 6. The van der Waals surface area contributed by atoms with Crippen LogP contribution >= 0.6 is 0 Å². The Balaban J connectivity index is 0.000000284. The number of aryl methyl sites for hydroxylation is 1. The number of hydrogen-bond acceptors (Lipinski definition) is 4. The second-order valence-corrected chi connectivity index (χ2v) is 14.5. The summed E-state index contributed by atoms with van der Waals surface area (Å²) in [5, 5.41) is 17.2. The molecule has 4 aromatic carbocycles. The van der Waals surface area contributed by atoms with Gasteiger partial charge in [-0.1, -0.05) is 119 Å². The van der Waals surface area contributed by atoms with Crippen LogP contribution in [0.4, 0.5) is 0 Å². The van der Waals surface area contributed by atoms with Gasteiger partial charge in [0.1, 0.15) is 17.7 Å². The van der Waals surface area contributed by atoms with Gasteiger partial charge in [-0.05, 0) is 49.8 Å². The van der Waals surface area contributed by atoms with Gasteiger partial charge >= 0.3 is 0 Å². The number of nitrogens with zero attached hydrogens (tertiary/aromatic N) is 3. The molecule has 1 N–H and O–H groups in total. The second-order valence-electron chi connectivity index (χ2n) is 14.5. The summed E-state index contributed by atoms with van der Waals surface area (Å²) in [5.41, 5.74) is 6.27. The molecule has 0 amide bonds. The zero-order valence-corrected chi connectivity index (χ0v) is 33.5. The van der Waals surface area contributed by atoms with Crippen molar-refractivity contribution >= 4 is 49.3 Å². The molecule has 0 saturated heterocycles. The SMILES string of the molecule is CCC(CC)C(=O)/C(C)=C(\O)C(CC)CC.Cn1c2ncnc(-c3[c-]ccc4c(CC(C)(C)C)cccc34)c2c2ccc3ccccc3c21.[Ir]. The zero-order valence-electron chi connectivity index (χ0n) is 31.1. The zero-order chi connectivity index (χ0) is 35.5. The number of aliphatic hydroxyl groups excluding tert-OH is 1. The van der Waals surface area contributed by atoms with Gasteiger partial charge in [-0.3, -0.25) is 9.78 Å². The average molecular weight is 847 g/mol. The van der Waals surface area contributed by atoms with Crippen LogP contribution in [0.5, 0.6) is 0 Å². The molecular weight excluding hydrogens is 795 g/mol. The van der Waals surface area contributed by atoms with Crippen molar-refractivity contribution in [1.29, 1.82) is 0 Å². The molecule has 265 valence electrons. The number of carbonyl (C=O) groups excluding carboxylic acids is 1. The summed E-state index contributed by atoms with van der Waals surface area (Å²) in [5.74, 6) is 0.631. The Morgan fingerprint density at radius 1 is 0.820 bits per heavy atom. The molecule has 2 aromatic heterocycles. The first-order chi connectivity index (χ1) is 23.4. The van der Waals surface area contributed by atoms with Crippen LogP contribution in [0.1, 0.15) is 86.6 Å². The molecule has 1 radical (unpaired) electrons. The van der Waals surface area contributed by atoms with E-state index in [4.69, 9.17) is 9.97 Å². The van der Waals surface area contributed by atoms with Gasteiger partial charge in [0.2, 0.25) is 0 Å². The van der Waals surface area contributed by atoms with Gasteiger partial charge in [-0.15, -0.1) is 23.8 Å². The van der Waals surface area contributed by atoms with Crippen molar-refractivity contribution in [3.05, 3.63) is 96.0 Å². The van der Waals surface area contributed by atoms with Gasteiger partial charge in [0.05, 0.1) is 5.52 Å². The van der Waals surface area contributed by atoms with Crippen molar-refractivity contribution in [2.45, 2.75) is 87.5 Å². The van der Waals surface area contributed by atoms with Crippen LogP contribution in [0.3, 0.4) is 0 Å². The van der Waals surface area contributed by atoms with Crippen LogP contribution < -0.4 is 0 Å². The topological polar surface area (TPSA) is 68.0 Å². The van der Waals surface area contributed by atoms with E-state index in [1.807, 2.05) is 33.8 Å². The Morgan fingerprint density at radius 2 is 1.48 bits per heavy atom. The minimum Gasteiger partial charge on any atom is -0.512 e. The minimum atomic E-state index is 0. The molecule has 5 nitrogen and oxygen atoms in total. The van der Waals surface area contributed by atoms with E-state index in [9.17, 15) is 9.90 Å². The summed E-state index contributed by atoms with van der Waals surface area (Å²) in [4.78, 5) is 21.6. The maximum absolute atomic E-state index is 12.1. The molecule has 6 heteroatoms. The molecule has 0 spiro atoms. The Labute approximate surface area is 311 Å². The summed E-state index contributed by atoms with van der Waals surface area (Å²) in [7, 11) is 2.10. The van der Waals surface area contributed by atoms with Crippen LogP contribution in [0.15, 0.2) is 84.4 Å². The van der Waals surface area contributed by atoms with Gasteiger partial charge in [0.15, 0.2) is 5.78 Å². The number of benzene rings is 4. The molecule has 6 rings (SSSR count). The van der Waals surface area contributed by atoms with E-state index < -0.39 is 0 Å². The molecule has 2 heterocycles. The largest absolute Gasteiger partial charge is 0.512 e. The Morgan fingerprint density at radius 3 is 2.14 bits per heavy atom. The second kappa shape index (κ2) is 16.4. The Bertz CT molecular complexity index is 2150. The summed E-state index contributed by atoms with van der Waals surface area (Å²) < 4.78 is 2.20. The molecule has 0 aliphatic carbocycles. The van der Waals surface area contributed by atoms with Gasteiger partial charge in [-0.25, -0.2) is 4.98 Å². The van der Waals surface area contributed by atoms with Crippen molar-refractivity contribution in [1.82, 2.24) is 14.5 Å². The molecule has 0 unspecified atom stereocenters. The molecule has 0 fully saturated rings. The number of Topliss-reactive ketones (excluding diaryl/α,β-unsaturated/α-hetero) is 1. The fraction of sp³-hybridized carbons (Fsp3) is 0.386. The molecule has 50 heavy (non-hydrogen) atoms. The molecule has 0 bridgehead atoms. The maximum Gasteiger partial charge on any atom is 0.164 e. The molecule has 0 aliphatic heterocycles. The van der Waals surface area contributed by atoms with Crippen molar-refractivity contribution in [3.63, 3.8) is 0 Å². The average Bonchev–Trinajstić information content (AvgIpc) is 3.40. The van der Waals surface area contributed by atoms with E-state index in [1.54, 1.807) is 13.3 Å². The van der Waals surface area contributed by atoms with E-state index in [0.717, 1.165) is 54.4 Å². The van der Waals surface area contributed by atoms with Crippen LogP contribution in [-0.2, 0) is 38.4 Å². The number of allylic oxidation sites excluding steroid dienone is 2. The molecule has 0 aliphatic rings. The standard InChI is InChI=1S/C30H26N3.C14H26O2.Ir/c1-30(2,3)17-20-10-7-13-23-21(20)12-8-14-24(23)27-26-25-16-15-19-9-5-6-11-22(19)28(25)33(4)29(26)32-18-31-27;1-6-11(7-2)13(15)10(5)14(16)12(8-3)9-4;/h5-13,15-16,18H,17H2,1-4H3;11-12,15H,6-9H2,1-5H3;/q-1;;/b;13-10-;. The molecule has 0 atom stereocenters. The van der Waals surface area contributed by atoms with E-state index in [1.165, 1.54) is 38.0 Å². The maximum atomic E-state index is 12.1. The first-order valence-corrected chi connectivity index (χ1v) is 17.9. The molecule has 0 saturated carbocycles. The predicted octanol–water partition coefficient (Wildman–Crippen LogP) is 11.7. The third kappa shape index (κ3) is 7.72. The summed E-state index contributed by atoms with van der Waals surface area (Å²) in [6.45, 7) is 16.7. The fourth-order valence-electron chi connectivity index (χ4n) is 7.30. The summed E-state index contributed by atoms with van der Waals surface area (Å²) in [6.07, 6.45) is 6.18.